The van der Waals surface area contributed by atoms with Crippen LogP contribution in [0.2, 0.25) is 5.28 Å². The van der Waals surface area contributed by atoms with Gasteiger partial charge in [-0.25, -0.2) is 0 Å². The highest BCUT2D eigenvalue weighted by molar-refractivity contribution is 6.28. The molecule has 0 aromatic carbocycles. The summed E-state index contributed by atoms with van der Waals surface area (Å²) in [7, 11) is 0. The second kappa shape index (κ2) is 6.58. The number of nitrogens with zero attached hydrogens (tertiary/aromatic N) is 3. The molecule has 0 amide bonds. The van der Waals surface area contributed by atoms with Crippen LogP contribution < -0.4 is 9.47 Å². The minimum Gasteiger partial charge on any atom is -0.464 e. The minimum atomic E-state index is -4.20. The Morgan fingerprint density at radius 1 is 1.11 bits per heavy atom. The van der Waals surface area contributed by atoms with Crippen molar-refractivity contribution in [3.63, 3.8) is 0 Å². The molecule has 0 N–H and O–H groups in total. The summed E-state index contributed by atoms with van der Waals surface area (Å²) in [5.41, 5.74) is 0. The molecule has 0 aliphatic rings. The summed E-state index contributed by atoms with van der Waals surface area (Å²) in [6.07, 6.45) is -5.31. The molecule has 0 fully saturated rings. The molecule has 1 heterocycles. The summed E-state index contributed by atoms with van der Waals surface area (Å²) in [6.45, 7) is 1.89. The lowest BCUT2D eigenvalue weighted by Gasteiger charge is -2.07. The van der Waals surface area contributed by atoms with Crippen LogP contribution in [0.1, 0.15) is 19.8 Å². The van der Waals surface area contributed by atoms with E-state index < -0.39 is 12.6 Å². The van der Waals surface area contributed by atoms with Gasteiger partial charge in [0, 0.05) is 6.42 Å². The van der Waals surface area contributed by atoms with Crippen LogP contribution in [0.3, 0.4) is 0 Å². The van der Waals surface area contributed by atoms with Crippen LogP contribution in [0.5, 0.6) is 12.0 Å². The second-order valence-electron chi connectivity index (χ2n) is 3.17. The maximum atomic E-state index is 11.9. The maximum absolute atomic E-state index is 11.9. The minimum absolute atomic E-state index is 0.0247. The van der Waals surface area contributed by atoms with Gasteiger partial charge in [0.1, 0.15) is 0 Å². The van der Waals surface area contributed by atoms with E-state index in [4.69, 9.17) is 21.1 Å². The van der Waals surface area contributed by atoms with E-state index in [0.717, 1.165) is 0 Å². The molecular weight excluding hydrogens is 275 g/mol. The number of hydrogen-bond acceptors (Lipinski definition) is 5. The van der Waals surface area contributed by atoms with Gasteiger partial charge in [-0.05, 0) is 24.9 Å². The zero-order valence-corrected chi connectivity index (χ0v) is 10.3. The van der Waals surface area contributed by atoms with E-state index in [1.54, 1.807) is 6.92 Å². The van der Waals surface area contributed by atoms with Gasteiger partial charge in [-0.15, -0.1) is 4.98 Å². The van der Waals surface area contributed by atoms with Crippen molar-refractivity contribution in [3.05, 3.63) is 5.28 Å². The Morgan fingerprint density at radius 3 is 2.28 bits per heavy atom. The number of rotatable bonds is 6. The third kappa shape index (κ3) is 5.85. The predicted octanol–water partition coefficient (Wildman–Crippen LogP) is 2.65. The lowest BCUT2D eigenvalue weighted by molar-refractivity contribution is -0.136. The molecule has 0 saturated heterocycles. The van der Waals surface area contributed by atoms with Gasteiger partial charge in [0.15, 0.2) is 0 Å². The number of aromatic nitrogens is 3. The van der Waals surface area contributed by atoms with Gasteiger partial charge in [-0.2, -0.15) is 23.1 Å². The Balaban J connectivity index is 2.46. The summed E-state index contributed by atoms with van der Waals surface area (Å²) < 4.78 is 45.5. The van der Waals surface area contributed by atoms with E-state index in [9.17, 15) is 13.2 Å². The average molecular weight is 286 g/mol. The Bertz CT molecular complexity index is 390. The van der Waals surface area contributed by atoms with E-state index in [-0.39, 0.29) is 30.3 Å². The van der Waals surface area contributed by atoms with E-state index >= 15 is 0 Å². The van der Waals surface area contributed by atoms with Crippen LogP contribution >= 0.6 is 11.6 Å². The molecule has 0 unspecified atom stereocenters. The molecule has 9 heteroatoms. The van der Waals surface area contributed by atoms with Crippen molar-refractivity contribution >= 4 is 11.6 Å². The normalized spacial score (nSPS) is 11.4. The zero-order valence-electron chi connectivity index (χ0n) is 9.50. The van der Waals surface area contributed by atoms with Crippen molar-refractivity contribution in [3.8, 4) is 12.0 Å². The average Bonchev–Trinajstić information content (AvgIpc) is 2.23. The fourth-order valence-corrected chi connectivity index (χ4v) is 1.15. The van der Waals surface area contributed by atoms with Crippen LogP contribution in [0.4, 0.5) is 13.2 Å². The van der Waals surface area contributed by atoms with Crippen LogP contribution in [-0.4, -0.2) is 34.3 Å². The number of halogens is 4. The molecule has 1 aromatic heterocycles. The van der Waals surface area contributed by atoms with Crippen LogP contribution in [0, 0.1) is 0 Å². The highest BCUT2D eigenvalue weighted by atomic mass is 35.5. The van der Waals surface area contributed by atoms with Crippen molar-refractivity contribution < 1.29 is 22.6 Å². The van der Waals surface area contributed by atoms with Crippen LogP contribution in [0.25, 0.3) is 0 Å². The molecule has 0 aliphatic heterocycles. The first kappa shape index (κ1) is 14.7. The molecule has 102 valence electrons. The largest absolute Gasteiger partial charge is 0.464 e. The van der Waals surface area contributed by atoms with Gasteiger partial charge in [0.25, 0.3) is 0 Å². The van der Waals surface area contributed by atoms with Gasteiger partial charge >= 0.3 is 18.2 Å². The van der Waals surface area contributed by atoms with Crippen molar-refractivity contribution in [1.82, 2.24) is 15.0 Å². The Morgan fingerprint density at radius 2 is 1.72 bits per heavy atom. The van der Waals surface area contributed by atoms with Crippen molar-refractivity contribution in [1.29, 1.82) is 0 Å². The van der Waals surface area contributed by atoms with Gasteiger partial charge in [-0.3, -0.25) is 0 Å². The Labute approximate surface area is 106 Å². The summed E-state index contributed by atoms with van der Waals surface area (Å²) in [4.78, 5) is 11.0. The number of alkyl halides is 3. The van der Waals surface area contributed by atoms with Gasteiger partial charge < -0.3 is 9.47 Å². The van der Waals surface area contributed by atoms with E-state index in [1.165, 1.54) is 0 Å². The zero-order chi connectivity index (χ0) is 13.6. The molecule has 18 heavy (non-hydrogen) atoms. The number of hydrogen-bond donors (Lipinski definition) is 0. The quantitative estimate of drug-likeness (QED) is 0.752. The molecule has 0 aliphatic carbocycles. The summed E-state index contributed by atoms with van der Waals surface area (Å²) in [5, 5.41) is -0.140. The summed E-state index contributed by atoms with van der Waals surface area (Å²) >= 11 is 5.57. The lowest BCUT2D eigenvalue weighted by Crippen LogP contribution is -2.11. The summed E-state index contributed by atoms with van der Waals surface area (Å²) in [5.74, 6) is 0. The molecule has 0 spiro atoms. The third-order valence-corrected chi connectivity index (χ3v) is 1.85. The molecule has 1 rings (SSSR count). The molecule has 5 nitrogen and oxygen atoms in total. The van der Waals surface area contributed by atoms with Crippen molar-refractivity contribution in [2.45, 2.75) is 25.9 Å². The highest BCUT2D eigenvalue weighted by Gasteiger charge is 2.26. The lowest BCUT2D eigenvalue weighted by atomic mass is 10.3. The fraction of sp³-hybridized carbons (Fsp3) is 0.667. The fourth-order valence-electron chi connectivity index (χ4n) is 1.01. The standard InChI is InChI=1S/C9H11ClF3N3O2/c1-2-17-7-14-6(10)15-8(16-7)18-5-3-4-9(11,12)13/h2-5H2,1H3. The molecule has 0 radical (unpaired) electrons. The number of ether oxygens (including phenoxy) is 2. The molecule has 0 atom stereocenters. The van der Waals surface area contributed by atoms with E-state index in [1.807, 2.05) is 0 Å². The monoisotopic (exact) mass is 285 g/mol. The predicted molar refractivity (Wildman–Crippen MR) is 56.8 cm³/mol. The Hall–Kier alpha value is -1.31. The Kier molecular flexibility index (Phi) is 5.39. The van der Waals surface area contributed by atoms with Gasteiger partial charge in [0.2, 0.25) is 5.28 Å². The van der Waals surface area contributed by atoms with Gasteiger partial charge in [0.05, 0.1) is 13.2 Å². The maximum Gasteiger partial charge on any atom is 0.389 e. The highest BCUT2D eigenvalue weighted by Crippen LogP contribution is 2.21. The second-order valence-corrected chi connectivity index (χ2v) is 3.51. The molecule has 0 bridgehead atoms. The van der Waals surface area contributed by atoms with Crippen LogP contribution in [0.15, 0.2) is 0 Å². The van der Waals surface area contributed by atoms with Crippen molar-refractivity contribution in [2.24, 2.45) is 0 Å². The van der Waals surface area contributed by atoms with Gasteiger partial charge in [-0.1, -0.05) is 0 Å². The molecule has 0 saturated carbocycles. The van der Waals surface area contributed by atoms with E-state index in [2.05, 4.69) is 15.0 Å². The summed E-state index contributed by atoms with van der Waals surface area (Å²) in [6, 6.07) is -0.177. The topological polar surface area (TPSA) is 57.1 Å². The van der Waals surface area contributed by atoms with E-state index in [0.29, 0.717) is 6.61 Å². The first-order valence-electron chi connectivity index (χ1n) is 5.14. The molecular formula is C9H11ClF3N3O2. The first-order valence-corrected chi connectivity index (χ1v) is 5.52. The third-order valence-electron chi connectivity index (χ3n) is 1.68. The SMILES string of the molecule is CCOc1nc(Cl)nc(OCCCC(F)(F)F)n1. The van der Waals surface area contributed by atoms with Crippen LogP contribution in [-0.2, 0) is 0 Å². The smallest absolute Gasteiger partial charge is 0.389 e. The molecule has 1 aromatic rings. The van der Waals surface area contributed by atoms with Crippen molar-refractivity contribution in [2.75, 3.05) is 13.2 Å². The first-order chi connectivity index (χ1) is 8.40.